The maximum absolute atomic E-state index is 10.9. The van der Waals surface area contributed by atoms with E-state index in [4.69, 9.17) is 9.47 Å². The highest BCUT2D eigenvalue weighted by molar-refractivity contribution is 5.39. The predicted octanol–water partition coefficient (Wildman–Crippen LogP) is 2.84. The van der Waals surface area contributed by atoms with Crippen molar-refractivity contribution >= 4 is 6.08 Å². The third-order valence-corrected chi connectivity index (χ3v) is 4.50. The molecular formula is C16H19NO3. The minimum atomic E-state index is -0.462. The van der Waals surface area contributed by atoms with Crippen LogP contribution in [0.2, 0.25) is 0 Å². The summed E-state index contributed by atoms with van der Waals surface area (Å²) >= 11 is 0. The molecule has 0 N–H and O–H groups in total. The largest absolute Gasteiger partial charge is 0.348 e. The van der Waals surface area contributed by atoms with Crippen LogP contribution in [0.15, 0.2) is 29.3 Å². The van der Waals surface area contributed by atoms with Crippen molar-refractivity contribution in [3.63, 3.8) is 0 Å². The molecule has 1 spiro atoms. The molecule has 0 radical (unpaired) electrons. The lowest BCUT2D eigenvalue weighted by Gasteiger charge is -2.40. The van der Waals surface area contributed by atoms with Gasteiger partial charge in [-0.05, 0) is 25.3 Å². The fourth-order valence-electron chi connectivity index (χ4n) is 3.25. The Morgan fingerprint density at radius 1 is 1.05 bits per heavy atom. The van der Waals surface area contributed by atoms with Crippen molar-refractivity contribution in [3.05, 3.63) is 35.4 Å². The second kappa shape index (κ2) is 5.13. The molecule has 1 saturated carbocycles. The van der Waals surface area contributed by atoms with Gasteiger partial charge in [-0.15, -0.1) is 0 Å². The van der Waals surface area contributed by atoms with Crippen LogP contribution < -0.4 is 0 Å². The second-order valence-corrected chi connectivity index (χ2v) is 5.71. The monoisotopic (exact) mass is 273 g/mol. The maximum atomic E-state index is 10.9. The number of isocyanates is 1. The Hall–Kier alpha value is -1.48. The van der Waals surface area contributed by atoms with Crippen LogP contribution >= 0.6 is 0 Å². The van der Waals surface area contributed by atoms with Crippen LogP contribution in [-0.4, -0.2) is 25.1 Å². The smallest absolute Gasteiger partial charge is 0.235 e. The number of rotatable bonds is 2. The van der Waals surface area contributed by atoms with Crippen LogP contribution in [0, 0.1) is 6.92 Å². The zero-order chi connectivity index (χ0) is 14.1. The number of nitrogens with zero attached hydrogens (tertiary/aromatic N) is 1. The molecule has 1 aliphatic heterocycles. The summed E-state index contributed by atoms with van der Waals surface area (Å²) in [6, 6.07) is 8.24. The molecule has 1 aromatic carbocycles. The Labute approximate surface area is 118 Å². The molecule has 0 atom stereocenters. The molecular weight excluding hydrogens is 254 g/mol. The van der Waals surface area contributed by atoms with Gasteiger partial charge in [-0.25, -0.2) is 4.79 Å². The number of ether oxygens (including phenoxy) is 2. The van der Waals surface area contributed by atoms with Crippen molar-refractivity contribution < 1.29 is 14.3 Å². The van der Waals surface area contributed by atoms with Gasteiger partial charge in [-0.2, -0.15) is 4.99 Å². The molecule has 4 heteroatoms. The highest BCUT2D eigenvalue weighted by Gasteiger charge is 2.47. The van der Waals surface area contributed by atoms with E-state index in [-0.39, 0.29) is 0 Å². The van der Waals surface area contributed by atoms with Gasteiger partial charge in [0.25, 0.3) is 0 Å². The normalized spacial score (nSPS) is 23.4. The van der Waals surface area contributed by atoms with Crippen LogP contribution in [0.25, 0.3) is 0 Å². The predicted molar refractivity (Wildman–Crippen MR) is 74.1 cm³/mol. The molecule has 1 aliphatic carbocycles. The summed E-state index contributed by atoms with van der Waals surface area (Å²) in [4.78, 5) is 15.0. The van der Waals surface area contributed by atoms with Gasteiger partial charge >= 0.3 is 0 Å². The summed E-state index contributed by atoms with van der Waals surface area (Å²) in [6.45, 7) is 3.37. The fourth-order valence-corrected chi connectivity index (χ4v) is 3.25. The lowest BCUT2D eigenvalue weighted by atomic mass is 9.74. The summed E-state index contributed by atoms with van der Waals surface area (Å²) in [5.41, 5.74) is 1.82. The summed E-state index contributed by atoms with van der Waals surface area (Å²) in [5, 5.41) is 0. The molecule has 2 aliphatic rings. The molecule has 1 saturated heterocycles. The Balaban J connectivity index is 1.87. The average molecular weight is 273 g/mol. The Bertz CT molecular complexity index is 515. The molecule has 0 bridgehead atoms. The number of hydrogen-bond acceptors (Lipinski definition) is 4. The van der Waals surface area contributed by atoms with Gasteiger partial charge in [0.1, 0.15) is 0 Å². The lowest BCUT2D eigenvalue weighted by molar-refractivity contribution is -0.184. The molecule has 0 unspecified atom stereocenters. The first kappa shape index (κ1) is 13.5. The topological polar surface area (TPSA) is 47.9 Å². The summed E-state index contributed by atoms with van der Waals surface area (Å²) in [6.07, 6.45) is 4.81. The van der Waals surface area contributed by atoms with Gasteiger partial charge in [0.05, 0.1) is 18.8 Å². The van der Waals surface area contributed by atoms with Gasteiger partial charge in [-0.3, -0.25) is 0 Å². The van der Waals surface area contributed by atoms with Crippen molar-refractivity contribution in [2.45, 2.75) is 43.9 Å². The highest BCUT2D eigenvalue weighted by Crippen LogP contribution is 2.47. The number of aryl methyl sites for hydroxylation is 1. The van der Waals surface area contributed by atoms with Gasteiger partial charge < -0.3 is 9.47 Å². The first-order valence-electron chi connectivity index (χ1n) is 7.12. The van der Waals surface area contributed by atoms with Crippen LogP contribution in [0.5, 0.6) is 0 Å². The van der Waals surface area contributed by atoms with Crippen LogP contribution in [0.3, 0.4) is 0 Å². The van der Waals surface area contributed by atoms with Gasteiger partial charge in [0, 0.05) is 12.8 Å². The van der Waals surface area contributed by atoms with Crippen LogP contribution in [0.1, 0.15) is 36.8 Å². The first-order valence-corrected chi connectivity index (χ1v) is 7.12. The van der Waals surface area contributed by atoms with Crippen LogP contribution in [-0.2, 0) is 19.8 Å². The second-order valence-electron chi connectivity index (χ2n) is 5.71. The minimum absolute atomic E-state index is 0.438. The molecule has 3 rings (SSSR count). The Morgan fingerprint density at radius 3 is 2.20 bits per heavy atom. The first-order chi connectivity index (χ1) is 9.68. The molecule has 1 aromatic rings. The van der Waals surface area contributed by atoms with Gasteiger partial charge in [-0.1, -0.05) is 29.8 Å². The third kappa shape index (κ3) is 2.31. The van der Waals surface area contributed by atoms with Gasteiger partial charge in [0.2, 0.25) is 6.08 Å². The van der Waals surface area contributed by atoms with Crippen molar-refractivity contribution in [3.8, 4) is 0 Å². The lowest BCUT2D eigenvalue weighted by Crippen LogP contribution is -2.41. The van der Waals surface area contributed by atoms with E-state index in [1.54, 1.807) is 6.08 Å². The molecule has 0 amide bonds. The van der Waals surface area contributed by atoms with E-state index in [9.17, 15) is 4.79 Å². The molecule has 0 aromatic heterocycles. The number of hydrogen-bond donors (Lipinski definition) is 0. The van der Waals surface area contributed by atoms with Gasteiger partial charge in [0.15, 0.2) is 5.79 Å². The number of carbonyl (C=O) groups excluding carboxylic acids is 1. The van der Waals surface area contributed by atoms with Crippen molar-refractivity contribution in [1.82, 2.24) is 0 Å². The van der Waals surface area contributed by atoms with E-state index in [0.717, 1.165) is 31.2 Å². The number of benzene rings is 1. The Morgan fingerprint density at radius 2 is 1.65 bits per heavy atom. The average Bonchev–Trinajstić information content (AvgIpc) is 2.92. The quantitative estimate of drug-likeness (QED) is 0.615. The van der Waals surface area contributed by atoms with Crippen molar-refractivity contribution in [2.24, 2.45) is 4.99 Å². The molecule has 106 valence electrons. The SMILES string of the molecule is Cc1ccc(C2(N=C=O)CCC3(CC2)OCCO3)cc1. The molecule has 1 heterocycles. The highest BCUT2D eigenvalue weighted by atomic mass is 16.7. The van der Waals surface area contributed by atoms with Crippen molar-refractivity contribution in [1.29, 1.82) is 0 Å². The van der Waals surface area contributed by atoms with E-state index in [0.29, 0.717) is 13.2 Å². The van der Waals surface area contributed by atoms with E-state index in [2.05, 4.69) is 36.2 Å². The zero-order valence-electron chi connectivity index (χ0n) is 11.7. The van der Waals surface area contributed by atoms with E-state index >= 15 is 0 Å². The van der Waals surface area contributed by atoms with Crippen LogP contribution in [0.4, 0.5) is 0 Å². The fraction of sp³-hybridized carbons (Fsp3) is 0.562. The standard InChI is InChI=1S/C16H19NO3/c1-13-2-4-14(5-3-13)15(17-12-18)6-8-16(9-7-15)19-10-11-20-16/h2-5H,6-11H2,1H3. The van der Waals surface area contributed by atoms with E-state index in [1.807, 2.05) is 0 Å². The Kier molecular flexibility index (Phi) is 3.47. The molecule has 20 heavy (non-hydrogen) atoms. The molecule has 4 nitrogen and oxygen atoms in total. The maximum Gasteiger partial charge on any atom is 0.235 e. The molecule has 2 fully saturated rings. The van der Waals surface area contributed by atoms with E-state index < -0.39 is 11.3 Å². The minimum Gasteiger partial charge on any atom is -0.348 e. The number of aliphatic imine (C=N–C) groups is 1. The third-order valence-electron chi connectivity index (χ3n) is 4.50. The summed E-state index contributed by atoms with van der Waals surface area (Å²) in [7, 11) is 0. The van der Waals surface area contributed by atoms with Crippen molar-refractivity contribution in [2.75, 3.05) is 13.2 Å². The summed E-state index contributed by atoms with van der Waals surface area (Å²) in [5.74, 6) is -0.438. The zero-order valence-corrected chi connectivity index (χ0v) is 11.7. The van der Waals surface area contributed by atoms with E-state index in [1.165, 1.54) is 5.56 Å². The summed E-state index contributed by atoms with van der Waals surface area (Å²) < 4.78 is 11.5.